The molecule has 0 aromatic carbocycles. The highest BCUT2D eigenvalue weighted by Gasteiger charge is 2.43. The summed E-state index contributed by atoms with van der Waals surface area (Å²) in [6.45, 7) is 9.54. The number of carbonyl (C=O) groups excluding carboxylic acids is 1. The number of nitrogens with one attached hydrogen (secondary N) is 3. The van der Waals surface area contributed by atoms with Crippen LogP contribution in [0.1, 0.15) is 65.1 Å². The molecule has 0 aliphatic heterocycles. The Kier molecular flexibility index (Phi) is 8.59. The van der Waals surface area contributed by atoms with E-state index in [9.17, 15) is 15.0 Å². The molecule has 1 aliphatic rings. The number of fused-ring (bicyclic) bond motifs is 1. The van der Waals surface area contributed by atoms with Gasteiger partial charge in [0.2, 0.25) is 11.9 Å². The van der Waals surface area contributed by atoms with Gasteiger partial charge in [0.05, 0.1) is 30.4 Å². The van der Waals surface area contributed by atoms with Gasteiger partial charge < -0.3 is 35.3 Å². The first-order valence-electron chi connectivity index (χ1n) is 13.3. The fraction of sp³-hybridized carbons (Fsp3) is 0.640. The maximum absolute atomic E-state index is 11.9. The molecular formula is C25H39N9O3. The molecule has 37 heavy (non-hydrogen) atoms. The van der Waals surface area contributed by atoms with Crippen molar-refractivity contribution in [1.29, 1.82) is 0 Å². The molecule has 1 fully saturated rings. The Morgan fingerprint density at radius 1 is 1.11 bits per heavy atom. The highest BCUT2D eigenvalue weighted by Crippen LogP contribution is 2.34. The van der Waals surface area contributed by atoms with Crippen molar-refractivity contribution in [3.8, 4) is 0 Å². The molecule has 3 aromatic rings. The number of hydrogen-bond donors (Lipinski definition) is 5. The molecule has 4 atom stereocenters. The Labute approximate surface area is 216 Å². The number of anilines is 2. The number of aromatic nitrogens is 6. The fourth-order valence-electron chi connectivity index (χ4n) is 4.77. The first-order chi connectivity index (χ1) is 17.9. The zero-order valence-electron chi connectivity index (χ0n) is 22.1. The van der Waals surface area contributed by atoms with Crippen LogP contribution in [0.15, 0.2) is 18.9 Å². The first kappa shape index (κ1) is 26.8. The third-order valence-electron chi connectivity index (χ3n) is 7.14. The Bertz CT molecular complexity index is 1190. The molecule has 1 aliphatic carbocycles. The third-order valence-corrected chi connectivity index (χ3v) is 7.14. The fourth-order valence-corrected chi connectivity index (χ4v) is 4.77. The number of aliphatic hydroxyl groups excluding tert-OH is 2. The van der Waals surface area contributed by atoms with Crippen molar-refractivity contribution < 1.29 is 15.0 Å². The van der Waals surface area contributed by atoms with Gasteiger partial charge in [0.25, 0.3) is 0 Å². The normalized spacial score (nSPS) is 21.6. The lowest BCUT2D eigenvalue weighted by molar-refractivity contribution is -0.122. The van der Waals surface area contributed by atoms with E-state index in [1.807, 2.05) is 17.1 Å². The second-order valence-corrected chi connectivity index (χ2v) is 9.56. The quantitative estimate of drug-likeness (QED) is 0.244. The van der Waals surface area contributed by atoms with Crippen LogP contribution >= 0.6 is 0 Å². The summed E-state index contributed by atoms with van der Waals surface area (Å²) in [5.74, 6) is 0.905. The molecule has 0 bridgehead atoms. The minimum Gasteiger partial charge on any atom is -0.388 e. The largest absolute Gasteiger partial charge is 0.388 e. The van der Waals surface area contributed by atoms with Crippen molar-refractivity contribution >= 4 is 28.8 Å². The Hall–Kier alpha value is -3.25. The maximum Gasteiger partial charge on any atom is 0.226 e. The van der Waals surface area contributed by atoms with E-state index in [-0.39, 0.29) is 11.9 Å². The van der Waals surface area contributed by atoms with Crippen LogP contribution in [0.4, 0.5) is 11.8 Å². The van der Waals surface area contributed by atoms with Crippen LogP contribution in [0.3, 0.4) is 0 Å². The molecule has 0 spiro atoms. The van der Waals surface area contributed by atoms with Crippen LogP contribution in [0.5, 0.6) is 0 Å². The van der Waals surface area contributed by atoms with E-state index in [0.717, 1.165) is 31.5 Å². The SMILES string of the molecule is CCC(=O)N[C@H]1CC(n2cnc3c(NC(CC)CC)nc(NCCc4cn(CC)cn4)nc32)[C@H](O)[C@@H]1O. The molecule has 1 unspecified atom stereocenters. The summed E-state index contributed by atoms with van der Waals surface area (Å²) in [5, 5.41) is 31.1. The second kappa shape index (κ2) is 11.9. The Morgan fingerprint density at radius 3 is 2.57 bits per heavy atom. The van der Waals surface area contributed by atoms with Gasteiger partial charge in [-0.1, -0.05) is 20.8 Å². The molecule has 12 nitrogen and oxygen atoms in total. The van der Waals surface area contributed by atoms with E-state index in [1.54, 1.807) is 17.8 Å². The van der Waals surface area contributed by atoms with Crippen molar-refractivity contribution in [2.24, 2.45) is 0 Å². The zero-order valence-corrected chi connectivity index (χ0v) is 22.1. The number of carbonyl (C=O) groups is 1. The standard InChI is InChI=1S/C25H39N9O3/c1-5-15(6-2)29-23-20-24(32-25(31-23)26-10-9-16-12-33(8-4)13-27-16)34(14-28-20)18-11-17(21(36)22(18)37)30-19(35)7-3/h12-15,17-18,21-22,36-37H,5-11H2,1-4H3,(H,30,35)(H2,26,29,31,32)/t17-,18?,21+,22-/m0/s1. The van der Waals surface area contributed by atoms with Crippen molar-refractivity contribution in [3.05, 3.63) is 24.5 Å². The van der Waals surface area contributed by atoms with Gasteiger partial charge in [-0.25, -0.2) is 9.97 Å². The van der Waals surface area contributed by atoms with Gasteiger partial charge in [-0.3, -0.25) is 4.79 Å². The number of nitrogens with zero attached hydrogens (tertiary/aromatic N) is 6. The lowest BCUT2D eigenvalue weighted by atomic mass is 10.2. The van der Waals surface area contributed by atoms with Crippen molar-refractivity contribution in [1.82, 2.24) is 34.4 Å². The number of imidazole rings is 2. The van der Waals surface area contributed by atoms with Crippen LogP contribution in [0.2, 0.25) is 0 Å². The lowest BCUT2D eigenvalue weighted by Gasteiger charge is -2.19. The predicted molar refractivity (Wildman–Crippen MR) is 141 cm³/mol. The van der Waals surface area contributed by atoms with Gasteiger partial charge in [-0.05, 0) is 26.2 Å². The minimum absolute atomic E-state index is 0.165. The van der Waals surface area contributed by atoms with Gasteiger partial charge in [0.15, 0.2) is 17.0 Å². The van der Waals surface area contributed by atoms with Gasteiger partial charge in [-0.15, -0.1) is 0 Å². The molecular weight excluding hydrogens is 474 g/mol. The van der Waals surface area contributed by atoms with Crippen molar-refractivity contribution in [2.45, 2.75) is 96.7 Å². The van der Waals surface area contributed by atoms with Gasteiger partial charge >= 0.3 is 0 Å². The summed E-state index contributed by atoms with van der Waals surface area (Å²) in [6, 6.07) is -0.819. The summed E-state index contributed by atoms with van der Waals surface area (Å²) in [7, 11) is 0. The molecule has 12 heteroatoms. The van der Waals surface area contributed by atoms with Crippen LogP contribution in [0.25, 0.3) is 11.2 Å². The number of rotatable bonds is 12. The first-order valence-corrected chi connectivity index (χ1v) is 13.3. The summed E-state index contributed by atoms with van der Waals surface area (Å²) in [5.41, 5.74) is 2.14. The molecule has 202 valence electrons. The highest BCUT2D eigenvalue weighted by molar-refractivity contribution is 5.84. The third kappa shape index (κ3) is 5.85. The number of amides is 1. The molecule has 4 rings (SSSR count). The molecule has 5 N–H and O–H groups in total. The monoisotopic (exact) mass is 513 g/mol. The van der Waals surface area contributed by atoms with Crippen LogP contribution in [-0.4, -0.2) is 76.0 Å². The molecule has 1 amide bonds. The van der Waals surface area contributed by atoms with Crippen LogP contribution in [-0.2, 0) is 17.8 Å². The molecule has 3 aromatic heterocycles. The van der Waals surface area contributed by atoms with E-state index < -0.39 is 24.3 Å². The average Bonchev–Trinajstić information content (AvgIpc) is 3.61. The smallest absolute Gasteiger partial charge is 0.226 e. The predicted octanol–water partition coefficient (Wildman–Crippen LogP) is 1.86. The lowest BCUT2D eigenvalue weighted by Crippen LogP contribution is -2.42. The Balaban J connectivity index is 1.62. The number of hydrogen-bond acceptors (Lipinski definition) is 9. The van der Waals surface area contributed by atoms with Gasteiger partial charge in [0.1, 0.15) is 12.2 Å². The molecule has 1 saturated carbocycles. The number of aliphatic hydroxyl groups is 2. The maximum atomic E-state index is 11.9. The number of aryl methyl sites for hydroxylation is 1. The van der Waals surface area contributed by atoms with Gasteiger partial charge in [-0.2, -0.15) is 9.97 Å². The summed E-state index contributed by atoms with van der Waals surface area (Å²) in [4.78, 5) is 30.4. The highest BCUT2D eigenvalue weighted by atomic mass is 16.3. The second-order valence-electron chi connectivity index (χ2n) is 9.56. The van der Waals surface area contributed by atoms with Gasteiger partial charge in [0, 0.05) is 38.2 Å². The summed E-state index contributed by atoms with van der Waals surface area (Å²) in [6.07, 6.45) is 6.57. The summed E-state index contributed by atoms with van der Waals surface area (Å²) >= 11 is 0. The molecule has 3 heterocycles. The zero-order chi connectivity index (χ0) is 26.5. The average molecular weight is 514 g/mol. The van der Waals surface area contributed by atoms with E-state index in [2.05, 4.69) is 46.7 Å². The topological polar surface area (TPSA) is 155 Å². The van der Waals surface area contributed by atoms with Crippen molar-refractivity contribution in [3.63, 3.8) is 0 Å². The van der Waals surface area contributed by atoms with Crippen LogP contribution < -0.4 is 16.0 Å². The van der Waals surface area contributed by atoms with Crippen LogP contribution in [0, 0.1) is 0 Å². The van der Waals surface area contributed by atoms with E-state index in [1.165, 1.54) is 0 Å². The minimum atomic E-state index is -1.08. The van der Waals surface area contributed by atoms with Crippen molar-refractivity contribution in [2.75, 3.05) is 17.2 Å². The van der Waals surface area contributed by atoms with E-state index in [4.69, 9.17) is 9.97 Å². The Morgan fingerprint density at radius 2 is 1.89 bits per heavy atom. The molecule has 0 saturated heterocycles. The molecule has 0 radical (unpaired) electrons. The summed E-state index contributed by atoms with van der Waals surface area (Å²) < 4.78 is 3.82. The van der Waals surface area contributed by atoms with E-state index in [0.29, 0.717) is 42.3 Å². The van der Waals surface area contributed by atoms with E-state index >= 15 is 0 Å².